The normalized spacial score (nSPS) is 13.3. The molecule has 2 nitrogen and oxygen atoms in total. The highest BCUT2D eigenvalue weighted by Crippen LogP contribution is 2.01. The second-order valence-corrected chi connectivity index (χ2v) is 3.29. The van der Waals surface area contributed by atoms with Gasteiger partial charge in [0.2, 0.25) is 0 Å². The molecule has 0 fully saturated rings. The summed E-state index contributed by atoms with van der Waals surface area (Å²) in [5.41, 5.74) is 0. The Balaban J connectivity index is 2.84. The van der Waals surface area contributed by atoms with Crippen molar-refractivity contribution >= 4 is 11.1 Å². The van der Waals surface area contributed by atoms with Crippen molar-refractivity contribution in [2.45, 2.75) is 32.1 Å². The van der Waals surface area contributed by atoms with Crippen molar-refractivity contribution in [3.63, 3.8) is 0 Å². The van der Waals surface area contributed by atoms with E-state index in [0.717, 1.165) is 32.1 Å². The molecule has 0 aliphatic carbocycles. The van der Waals surface area contributed by atoms with Crippen molar-refractivity contribution in [1.29, 1.82) is 0 Å². The molecule has 0 heterocycles. The molecule has 0 radical (unpaired) electrons. The van der Waals surface area contributed by atoms with Gasteiger partial charge >= 0.3 is 0 Å². The molecule has 0 aromatic heterocycles. The minimum atomic E-state index is -1.84. The Morgan fingerprint density at radius 3 is 2.30 bits per heavy atom. The molecule has 10 heavy (non-hydrogen) atoms. The van der Waals surface area contributed by atoms with Gasteiger partial charge in [-0.05, 0) is 19.3 Å². The summed E-state index contributed by atoms with van der Waals surface area (Å²) in [6.45, 7) is 3.70. The van der Waals surface area contributed by atoms with Crippen molar-refractivity contribution < 1.29 is 8.76 Å². The first-order valence-electron chi connectivity index (χ1n) is 3.62. The molecule has 0 spiro atoms. The fraction of sp³-hybridized carbons (Fsp3) is 0.857. The van der Waals surface area contributed by atoms with Crippen molar-refractivity contribution in [2.24, 2.45) is 0 Å². The van der Waals surface area contributed by atoms with Crippen LogP contribution in [0.5, 0.6) is 0 Å². The van der Waals surface area contributed by atoms with Crippen LogP contribution in [0.4, 0.5) is 0 Å². The Kier molecular flexibility index (Phi) is 7.08. The van der Waals surface area contributed by atoms with E-state index in [0.29, 0.717) is 5.75 Å². The van der Waals surface area contributed by atoms with Crippen molar-refractivity contribution in [2.75, 3.05) is 5.75 Å². The van der Waals surface area contributed by atoms with Crippen molar-refractivity contribution in [3.05, 3.63) is 6.92 Å². The summed E-state index contributed by atoms with van der Waals surface area (Å²) in [5.74, 6) is 0.317. The predicted molar refractivity (Wildman–Crippen MR) is 42.2 cm³/mol. The molecule has 0 aromatic carbocycles. The molecular weight excluding hydrogens is 148 g/mol. The van der Waals surface area contributed by atoms with E-state index in [-0.39, 0.29) is 0 Å². The second kappa shape index (κ2) is 7.09. The topological polar surface area (TPSA) is 40.1 Å². The quantitative estimate of drug-likeness (QED) is 0.338. The molecule has 0 saturated carbocycles. The Labute approximate surface area is 65.3 Å². The maximum atomic E-state index is 10.0. The van der Waals surface area contributed by atoms with Crippen molar-refractivity contribution in [1.82, 2.24) is 0 Å². The van der Waals surface area contributed by atoms with E-state index in [9.17, 15) is 8.76 Å². The number of rotatable bonds is 6. The van der Waals surface area contributed by atoms with Gasteiger partial charge in [0.1, 0.15) is 0 Å². The molecule has 0 rings (SSSR count). The van der Waals surface area contributed by atoms with E-state index in [2.05, 4.69) is 6.92 Å². The van der Waals surface area contributed by atoms with Crippen LogP contribution in [0.25, 0.3) is 0 Å². The summed E-state index contributed by atoms with van der Waals surface area (Å²) in [6, 6.07) is 0. The van der Waals surface area contributed by atoms with Crippen molar-refractivity contribution in [3.8, 4) is 0 Å². The van der Waals surface area contributed by atoms with Gasteiger partial charge in [0.25, 0.3) is 0 Å². The highest BCUT2D eigenvalue weighted by atomic mass is 32.2. The fourth-order valence-electron chi connectivity index (χ4n) is 0.750. The van der Waals surface area contributed by atoms with Gasteiger partial charge in [0.05, 0.1) is 13.3 Å². The Bertz CT molecular complexity index is 93.6. The summed E-state index contributed by atoms with van der Waals surface area (Å²) >= 11 is -1.84. The van der Waals surface area contributed by atoms with Crippen LogP contribution in [0.15, 0.2) is 0 Å². The lowest BCUT2D eigenvalue weighted by Crippen LogP contribution is -1.94. The third kappa shape index (κ3) is 7.98. The number of unbranched alkanes of at least 4 members (excludes halogenated alkanes) is 4. The fourth-order valence-corrected chi connectivity index (χ4v) is 1.19. The third-order valence-corrected chi connectivity index (χ3v) is 1.93. The summed E-state index contributed by atoms with van der Waals surface area (Å²) in [4.78, 5) is 0. The van der Waals surface area contributed by atoms with Gasteiger partial charge in [-0.1, -0.05) is 17.5 Å². The second-order valence-electron chi connectivity index (χ2n) is 2.28. The van der Waals surface area contributed by atoms with Crippen LogP contribution in [0.2, 0.25) is 0 Å². The van der Waals surface area contributed by atoms with Crippen LogP contribution in [-0.2, 0) is 11.1 Å². The van der Waals surface area contributed by atoms with E-state index in [1.165, 1.54) is 0 Å². The maximum absolute atomic E-state index is 10.0. The van der Waals surface area contributed by atoms with Gasteiger partial charge in [-0.25, -0.2) is 0 Å². The van der Waals surface area contributed by atoms with Gasteiger partial charge in [-0.3, -0.25) is 4.21 Å². The SMILES string of the molecule is [CH2+]CCCCCCS(=O)[O-]. The lowest BCUT2D eigenvalue weighted by molar-refractivity contribution is 0.532. The van der Waals surface area contributed by atoms with Gasteiger partial charge in [-0.2, -0.15) is 0 Å². The molecule has 0 aliphatic heterocycles. The standard InChI is InChI=1S/C7H14O2S/c1-2-3-4-5-6-7-10(8)9/h1-7H2. The highest BCUT2D eigenvalue weighted by molar-refractivity contribution is 7.79. The minimum Gasteiger partial charge on any atom is -0.772 e. The lowest BCUT2D eigenvalue weighted by Gasteiger charge is -2.02. The Morgan fingerprint density at radius 1 is 1.20 bits per heavy atom. The van der Waals surface area contributed by atoms with Gasteiger partial charge in [0, 0.05) is 5.75 Å². The molecule has 1 unspecified atom stereocenters. The zero-order valence-electron chi connectivity index (χ0n) is 6.17. The van der Waals surface area contributed by atoms with E-state index in [4.69, 9.17) is 0 Å². The summed E-state index contributed by atoms with van der Waals surface area (Å²) < 4.78 is 20.0. The highest BCUT2D eigenvalue weighted by Gasteiger charge is 1.89. The van der Waals surface area contributed by atoms with Crippen LogP contribution in [-0.4, -0.2) is 14.5 Å². The van der Waals surface area contributed by atoms with E-state index in [1.54, 1.807) is 0 Å². The van der Waals surface area contributed by atoms with Gasteiger partial charge < -0.3 is 4.55 Å². The third-order valence-electron chi connectivity index (χ3n) is 1.31. The van der Waals surface area contributed by atoms with E-state index >= 15 is 0 Å². The molecule has 0 amide bonds. The average Bonchev–Trinajstić information content (AvgIpc) is 1.87. The molecule has 0 aliphatic rings. The first-order chi connectivity index (χ1) is 4.77. The molecule has 0 N–H and O–H groups in total. The average molecular weight is 162 g/mol. The molecule has 3 heteroatoms. The summed E-state index contributed by atoms with van der Waals surface area (Å²) in [6.07, 6.45) is 5.01. The molecule has 60 valence electrons. The zero-order valence-corrected chi connectivity index (χ0v) is 6.99. The van der Waals surface area contributed by atoms with E-state index in [1.807, 2.05) is 0 Å². The summed E-state index contributed by atoms with van der Waals surface area (Å²) in [5, 5.41) is 0. The maximum Gasteiger partial charge on any atom is 0.0850 e. The molecule has 1 atom stereocenters. The smallest absolute Gasteiger partial charge is 0.0850 e. The molecule has 0 bridgehead atoms. The van der Waals surface area contributed by atoms with Crippen LogP contribution < -0.4 is 0 Å². The lowest BCUT2D eigenvalue weighted by atomic mass is 10.2. The molecular formula is C7H14O2S. The van der Waals surface area contributed by atoms with E-state index < -0.39 is 11.1 Å². The van der Waals surface area contributed by atoms with Crippen LogP contribution >= 0.6 is 0 Å². The monoisotopic (exact) mass is 162 g/mol. The number of hydrogen-bond donors (Lipinski definition) is 0. The first-order valence-corrected chi connectivity index (χ1v) is 4.87. The van der Waals surface area contributed by atoms with Crippen LogP contribution in [0, 0.1) is 6.92 Å². The van der Waals surface area contributed by atoms with Crippen LogP contribution in [0.3, 0.4) is 0 Å². The molecule has 0 saturated heterocycles. The summed E-state index contributed by atoms with van der Waals surface area (Å²) in [7, 11) is 0. The molecule has 0 aromatic rings. The minimum absolute atomic E-state index is 0.317. The predicted octanol–water partition coefficient (Wildman–Crippen LogP) is 1.65. The van der Waals surface area contributed by atoms with Crippen LogP contribution in [0.1, 0.15) is 32.1 Å². The van der Waals surface area contributed by atoms with Gasteiger partial charge in [0.15, 0.2) is 0 Å². The first kappa shape index (κ1) is 9.98. The van der Waals surface area contributed by atoms with Gasteiger partial charge in [-0.15, -0.1) is 0 Å². The Morgan fingerprint density at radius 2 is 1.80 bits per heavy atom. The number of hydrogen-bond acceptors (Lipinski definition) is 2. The Hall–Kier alpha value is -0.0200. The zero-order chi connectivity index (χ0) is 7.82. The largest absolute Gasteiger partial charge is 0.772 e.